The number of aromatic hydroxyl groups is 1. The van der Waals surface area contributed by atoms with Crippen LogP contribution in [-0.4, -0.2) is 5.11 Å². The fourth-order valence-corrected chi connectivity index (χ4v) is 1.11. The molecular formula is C11H11NO. The zero-order valence-electron chi connectivity index (χ0n) is 7.49. The zero-order valence-corrected chi connectivity index (χ0v) is 7.49. The minimum absolute atomic E-state index is 0.259. The van der Waals surface area contributed by atoms with Gasteiger partial charge in [0.25, 0.3) is 0 Å². The van der Waals surface area contributed by atoms with E-state index in [1.807, 2.05) is 19.1 Å². The number of rotatable bonds is 2. The maximum atomic E-state index is 9.46. The summed E-state index contributed by atoms with van der Waals surface area (Å²) < 4.78 is 0. The Hall–Kier alpha value is -1.75. The first-order valence-corrected chi connectivity index (χ1v) is 4.08. The summed E-state index contributed by atoms with van der Waals surface area (Å²) in [5.74, 6) is 0.259. The van der Waals surface area contributed by atoms with Crippen LogP contribution in [0.3, 0.4) is 0 Å². The van der Waals surface area contributed by atoms with Crippen LogP contribution in [-0.2, 0) is 0 Å². The third kappa shape index (κ3) is 2.34. The average molecular weight is 173 g/mol. The quantitative estimate of drug-likeness (QED) is 0.747. The van der Waals surface area contributed by atoms with E-state index in [0.717, 1.165) is 11.1 Å². The van der Waals surface area contributed by atoms with Crippen LogP contribution in [0.4, 0.5) is 0 Å². The summed E-state index contributed by atoms with van der Waals surface area (Å²) >= 11 is 0. The van der Waals surface area contributed by atoms with Gasteiger partial charge < -0.3 is 5.11 Å². The van der Waals surface area contributed by atoms with Crippen LogP contribution in [0.5, 0.6) is 5.75 Å². The summed E-state index contributed by atoms with van der Waals surface area (Å²) in [6.45, 7) is 1.92. The van der Waals surface area contributed by atoms with E-state index in [0.29, 0.717) is 6.42 Å². The molecule has 1 aromatic carbocycles. The van der Waals surface area contributed by atoms with Gasteiger partial charge in [-0.15, -0.1) is 0 Å². The first-order chi connectivity index (χ1) is 6.25. The summed E-state index contributed by atoms with van der Waals surface area (Å²) in [6, 6.07) is 7.37. The highest BCUT2D eigenvalue weighted by Crippen LogP contribution is 2.21. The number of hydrogen-bond acceptors (Lipinski definition) is 2. The molecule has 0 fully saturated rings. The molecular weight excluding hydrogens is 162 g/mol. The number of allylic oxidation sites excluding steroid dienone is 1. The molecule has 1 aromatic rings. The van der Waals surface area contributed by atoms with Crippen LogP contribution in [0.2, 0.25) is 0 Å². The van der Waals surface area contributed by atoms with Crippen LogP contribution in [0.25, 0.3) is 6.08 Å². The molecule has 0 aliphatic heterocycles. The number of hydrogen-bond donors (Lipinski definition) is 1. The maximum Gasteiger partial charge on any atom is 0.123 e. The van der Waals surface area contributed by atoms with Gasteiger partial charge in [0.15, 0.2) is 0 Å². The summed E-state index contributed by atoms with van der Waals surface area (Å²) in [5, 5.41) is 17.8. The number of nitriles is 1. The second kappa shape index (κ2) is 4.32. The van der Waals surface area contributed by atoms with E-state index in [9.17, 15) is 5.11 Å². The Kier molecular flexibility index (Phi) is 3.10. The van der Waals surface area contributed by atoms with E-state index in [2.05, 4.69) is 0 Å². The van der Waals surface area contributed by atoms with E-state index in [1.54, 1.807) is 24.3 Å². The first-order valence-electron chi connectivity index (χ1n) is 4.08. The van der Waals surface area contributed by atoms with E-state index in [4.69, 9.17) is 5.26 Å². The topological polar surface area (TPSA) is 44.0 Å². The van der Waals surface area contributed by atoms with Crippen LogP contribution >= 0.6 is 0 Å². The van der Waals surface area contributed by atoms with Crippen molar-refractivity contribution in [2.75, 3.05) is 0 Å². The Balaban J connectivity index is 2.94. The maximum absolute atomic E-state index is 9.46. The molecule has 0 bridgehead atoms. The number of phenolic OH excluding ortho intramolecular Hbond substituents is 1. The molecule has 1 rings (SSSR count). The lowest BCUT2D eigenvalue weighted by molar-refractivity contribution is 0.473. The molecule has 0 saturated heterocycles. The molecule has 0 saturated carbocycles. The fraction of sp³-hybridized carbons (Fsp3) is 0.182. The van der Waals surface area contributed by atoms with Crippen molar-refractivity contribution in [3.63, 3.8) is 0 Å². The number of benzene rings is 1. The molecule has 2 heteroatoms. The Labute approximate surface area is 77.8 Å². The SMILES string of the molecule is Cc1cccc(O)c1C=CCC#N. The molecule has 0 unspecified atom stereocenters. The van der Waals surface area contributed by atoms with E-state index in [-0.39, 0.29) is 5.75 Å². The molecule has 0 aliphatic rings. The van der Waals surface area contributed by atoms with Crippen molar-refractivity contribution >= 4 is 6.08 Å². The molecule has 0 radical (unpaired) electrons. The predicted octanol–water partition coefficient (Wildman–Crippen LogP) is 2.63. The van der Waals surface area contributed by atoms with Crippen molar-refractivity contribution in [2.45, 2.75) is 13.3 Å². The molecule has 0 aliphatic carbocycles. The standard InChI is InChI=1S/C11H11NO/c1-9-5-4-7-11(13)10(9)6-2-3-8-12/h2,4-7,13H,3H2,1H3. The summed E-state index contributed by atoms with van der Waals surface area (Å²) in [4.78, 5) is 0. The van der Waals surface area contributed by atoms with Crippen molar-refractivity contribution in [1.29, 1.82) is 5.26 Å². The van der Waals surface area contributed by atoms with Crippen LogP contribution < -0.4 is 0 Å². The largest absolute Gasteiger partial charge is 0.507 e. The summed E-state index contributed by atoms with van der Waals surface area (Å²) in [7, 11) is 0. The van der Waals surface area contributed by atoms with Crippen molar-refractivity contribution in [3.05, 3.63) is 35.4 Å². The van der Waals surface area contributed by atoms with Gasteiger partial charge >= 0.3 is 0 Å². The minimum Gasteiger partial charge on any atom is -0.507 e. The second-order valence-corrected chi connectivity index (χ2v) is 2.77. The number of nitrogens with zero attached hydrogens (tertiary/aromatic N) is 1. The van der Waals surface area contributed by atoms with Crippen molar-refractivity contribution in [3.8, 4) is 11.8 Å². The van der Waals surface area contributed by atoms with Crippen molar-refractivity contribution < 1.29 is 5.11 Å². The lowest BCUT2D eigenvalue weighted by Crippen LogP contribution is -1.80. The normalized spacial score (nSPS) is 10.2. The second-order valence-electron chi connectivity index (χ2n) is 2.77. The number of phenols is 1. The molecule has 0 heterocycles. The van der Waals surface area contributed by atoms with Gasteiger partial charge in [-0.3, -0.25) is 0 Å². The van der Waals surface area contributed by atoms with E-state index in [1.165, 1.54) is 0 Å². The van der Waals surface area contributed by atoms with Crippen molar-refractivity contribution in [2.24, 2.45) is 0 Å². The zero-order chi connectivity index (χ0) is 9.68. The first kappa shape index (κ1) is 9.34. The van der Waals surface area contributed by atoms with Gasteiger partial charge in [0.2, 0.25) is 0 Å². The Bertz CT molecular complexity index is 341. The molecule has 2 nitrogen and oxygen atoms in total. The van der Waals surface area contributed by atoms with E-state index < -0.39 is 0 Å². The lowest BCUT2D eigenvalue weighted by atomic mass is 10.1. The third-order valence-corrected chi connectivity index (χ3v) is 1.79. The fourth-order valence-electron chi connectivity index (χ4n) is 1.11. The van der Waals surface area contributed by atoms with Crippen LogP contribution in [0, 0.1) is 18.3 Å². The Morgan fingerprint density at radius 2 is 2.31 bits per heavy atom. The van der Waals surface area contributed by atoms with Gasteiger partial charge in [-0.25, -0.2) is 0 Å². The van der Waals surface area contributed by atoms with Gasteiger partial charge in [-0.05, 0) is 18.6 Å². The van der Waals surface area contributed by atoms with Crippen LogP contribution in [0.15, 0.2) is 24.3 Å². The molecule has 66 valence electrons. The molecule has 0 atom stereocenters. The Morgan fingerprint density at radius 3 is 2.92 bits per heavy atom. The van der Waals surface area contributed by atoms with Gasteiger partial charge in [-0.2, -0.15) is 5.26 Å². The smallest absolute Gasteiger partial charge is 0.123 e. The summed E-state index contributed by atoms with van der Waals surface area (Å²) in [6.07, 6.45) is 3.88. The molecule has 13 heavy (non-hydrogen) atoms. The molecule has 0 aromatic heterocycles. The highest BCUT2D eigenvalue weighted by Gasteiger charge is 1.98. The van der Waals surface area contributed by atoms with Crippen molar-refractivity contribution in [1.82, 2.24) is 0 Å². The van der Waals surface area contributed by atoms with Gasteiger partial charge in [0, 0.05) is 5.56 Å². The summed E-state index contributed by atoms with van der Waals surface area (Å²) in [5.41, 5.74) is 1.80. The molecule has 1 N–H and O–H groups in total. The van der Waals surface area contributed by atoms with Gasteiger partial charge in [0.1, 0.15) is 5.75 Å². The Morgan fingerprint density at radius 1 is 1.54 bits per heavy atom. The highest BCUT2D eigenvalue weighted by atomic mass is 16.3. The number of aryl methyl sites for hydroxylation is 1. The third-order valence-electron chi connectivity index (χ3n) is 1.79. The molecule has 0 amide bonds. The van der Waals surface area contributed by atoms with Gasteiger partial charge in [0.05, 0.1) is 12.5 Å². The average Bonchev–Trinajstić information content (AvgIpc) is 2.10. The van der Waals surface area contributed by atoms with Crippen LogP contribution in [0.1, 0.15) is 17.5 Å². The minimum atomic E-state index is 0.259. The molecule has 0 spiro atoms. The monoisotopic (exact) mass is 173 g/mol. The van der Waals surface area contributed by atoms with Gasteiger partial charge in [-0.1, -0.05) is 24.3 Å². The lowest BCUT2D eigenvalue weighted by Gasteiger charge is -2.01. The highest BCUT2D eigenvalue weighted by molar-refractivity contribution is 5.60. The predicted molar refractivity (Wildman–Crippen MR) is 52.1 cm³/mol. The van der Waals surface area contributed by atoms with E-state index >= 15 is 0 Å².